The van der Waals surface area contributed by atoms with E-state index in [4.69, 9.17) is 0 Å². The maximum Gasteiger partial charge on any atom is 0.274 e. The van der Waals surface area contributed by atoms with Crippen molar-refractivity contribution in [3.05, 3.63) is 47.8 Å². The number of benzene rings is 1. The summed E-state index contributed by atoms with van der Waals surface area (Å²) in [6.07, 6.45) is 2.56. The molecule has 2 rings (SSSR count). The van der Waals surface area contributed by atoms with Crippen molar-refractivity contribution in [1.82, 2.24) is 9.97 Å². The van der Waals surface area contributed by atoms with Crippen molar-refractivity contribution >= 4 is 17.5 Å². The Morgan fingerprint density at radius 1 is 1.21 bits per heavy atom. The lowest BCUT2D eigenvalue weighted by Gasteiger charge is -2.23. The molecule has 0 saturated heterocycles. The Labute approximate surface area is 143 Å². The van der Waals surface area contributed by atoms with E-state index in [1.54, 1.807) is 12.3 Å². The van der Waals surface area contributed by atoms with Crippen LogP contribution in [0.4, 0.5) is 11.6 Å². The number of hydrogen-bond donors (Lipinski definition) is 2. The fourth-order valence-corrected chi connectivity index (χ4v) is 2.31. The van der Waals surface area contributed by atoms with Crippen LogP contribution in [0.2, 0.25) is 0 Å². The zero-order valence-corrected chi connectivity index (χ0v) is 15.1. The predicted octanol–water partition coefficient (Wildman–Crippen LogP) is 4.24. The molecule has 24 heavy (non-hydrogen) atoms. The van der Waals surface area contributed by atoms with E-state index in [2.05, 4.69) is 55.2 Å². The van der Waals surface area contributed by atoms with Crippen molar-refractivity contribution in [2.45, 2.75) is 52.5 Å². The summed E-state index contributed by atoms with van der Waals surface area (Å²) in [5.74, 6) is 0.238. The highest BCUT2D eigenvalue weighted by Crippen LogP contribution is 2.29. The van der Waals surface area contributed by atoms with Crippen molar-refractivity contribution in [3.8, 4) is 0 Å². The van der Waals surface area contributed by atoms with Crippen LogP contribution in [0.15, 0.2) is 36.5 Å². The van der Waals surface area contributed by atoms with E-state index in [0.717, 1.165) is 17.7 Å². The normalized spacial score (nSPS) is 12.5. The van der Waals surface area contributed by atoms with Crippen LogP contribution in [0.5, 0.6) is 0 Å². The Morgan fingerprint density at radius 2 is 1.92 bits per heavy atom. The summed E-state index contributed by atoms with van der Waals surface area (Å²) < 4.78 is 0. The predicted molar refractivity (Wildman–Crippen MR) is 98.5 cm³/mol. The first-order chi connectivity index (χ1) is 11.3. The molecule has 0 spiro atoms. The topological polar surface area (TPSA) is 66.9 Å². The van der Waals surface area contributed by atoms with Gasteiger partial charge in [0.1, 0.15) is 5.69 Å². The van der Waals surface area contributed by atoms with Gasteiger partial charge in [-0.2, -0.15) is 0 Å². The molecule has 0 aliphatic rings. The van der Waals surface area contributed by atoms with Gasteiger partial charge >= 0.3 is 0 Å². The highest BCUT2D eigenvalue weighted by Gasteiger charge is 2.19. The lowest BCUT2D eigenvalue weighted by Crippen LogP contribution is -2.21. The Morgan fingerprint density at radius 3 is 2.58 bits per heavy atom. The van der Waals surface area contributed by atoms with Crippen LogP contribution in [0.25, 0.3) is 0 Å². The van der Waals surface area contributed by atoms with Gasteiger partial charge in [-0.3, -0.25) is 4.79 Å². The standard InChI is InChI=1S/C19H26N4O/c1-6-13(2)21-18-20-12-11-16(23-18)17(24)22-15-10-8-7-9-14(15)19(3,4)5/h7-13H,6H2,1-5H3,(H,22,24)(H,20,21,23). The smallest absolute Gasteiger partial charge is 0.274 e. The van der Waals surface area contributed by atoms with E-state index in [-0.39, 0.29) is 17.4 Å². The first-order valence-electron chi connectivity index (χ1n) is 8.31. The van der Waals surface area contributed by atoms with Crippen molar-refractivity contribution in [2.24, 2.45) is 0 Å². The molecular formula is C19H26N4O. The third-order valence-electron chi connectivity index (χ3n) is 3.86. The maximum absolute atomic E-state index is 12.6. The van der Waals surface area contributed by atoms with Gasteiger partial charge in [0.15, 0.2) is 0 Å². The molecule has 0 saturated carbocycles. The minimum absolute atomic E-state index is 0.0567. The molecule has 0 radical (unpaired) electrons. The van der Waals surface area contributed by atoms with Gasteiger partial charge in [0.2, 0.25) is 5.95 Å². The summed E-state index contributed by atoms with van der Waals surface area (Å²) in [6, 6.07) is 9.72. The molecule has 5 nitrogen and oxygen atoms in total. The van der Waals surface area contributed by atoms with Crippen molar-refractivity contribution in [3.63, 3.8) is 0 Å². The molecule has 0 aliphatic carbocycles. The Kier molecular flexibility index (Phi) is 5.54. The van der Waals surface area contributed by atoms with Gasteiger partial charge in [-0.1, -0.05) is 45.9 Å². The molecule has 5 heteroatoms. The zero-order valence-electron chi connectivity index (χ0n) is 15.1. The van der Waals surface area contributed by atoms with Crippen LogP contribution < -0.4 is 10.6 Å². The molecule has 1 aromatic heterocycles. The van der Waals surface area contributed by atoms with E-state index in [1.165, 1.54) is 0 Å². The number of anilines is 2. The second-order valence-electron chi connectivity index (χ2n) is 6.97. The molecule has 0 aliphatic heterocycles. The fourth-order valence-electron chi connectivity index (χ4n) is 2.31. The van der Waals surface area contributed by atoms with Gasteiger partial charge in [0.25, 0.3) is 5.91 Å². The Hall–Kier alpha value is -2.43. The van der Waals surface area contributed by atoms with E-state index < -0.39 is 0 Å². The minimum Gasteiger partial charge on any atom is -0.352 e. The van der Waals surface area contributed by atoms with E-state index in [1.807, 2.05) is 24.3 Å². The summed E-state index contributed by atoms with van der Waals surface area (Å²) in [5.41, 5.74) is 2.19. The minimum atomic E-state index is -0.235. The third-order valence-corrected chi connectivity index (χ3v) is 3.86. The summed E-state index contributed by atoms with van der Waals surface area (Å²) in [4.78, 5) is 21.1. The second-order valence-corrected chi connectivity index (χ2v) is 6.97. The van der Waals surface area contributed by atoms with Gasteiger partial charge in [-0.25, -0.2) is 9.97 Å². The van der Waals surface area contributed by atoms with E-state index >= 15 is 0 Å². The van der Waals surface area contributed by atoms with Gasteiger partial charge in [-0.15, -0.1) is 0 Å². The first-order valence-corrected chi connectivity index (χ1v) is 8.31. The number of hydrogen-bond acceptors (Lipinski definition) is 4. The van der Waals surface area contributed by atoms with Crippen LogP contribution in [0, 0.1) is 0 Å². The molecule has 1 heterocycles. The summed E-state index contributed by atoms with van der Waals surface area (Å²) in [6.45, 7) is 10.5. The van der Waals surface area contributed by atoms with Crippen LogP contribution in [-0.2, 0) is 5.41 Å². The third kappa shape index (κ3) is 4.54. The van der Waals surface area contributed by atoms with Crippen LogP contribution in [-0.4, -0.2) is 21.9 Å². The average Bonchev–Trinajstić information content (AvgIpc) is 2.54. The summed E-state index contributed by atoms with van der Waals surface area (Å²) in [7, 11) is 0. The molecule has 1 amide bonds. The Balaban J connectivity index is 2.21. The van der Waals surface area contributed by atoms with Gasteiger partial charge in [0, 0.05) is 17.9 Å². The second kappa shape index (κ2) is 7.43. The number of aromatic nitrogens is 2. The lowest BCUT2D eigenvalue weighted by molar-refractivity contribution is 0.102. The van der Waals surface area contributed by atoms with Crippen LogP contribution in [0.3, 0.4) is 0 Å². The SMILES string of the molecule is CCC(C)Nc1nccc(C(=O)Nc2ccccc2C(C)(C)C)n1. The highest BCUT2D eigenvalue weighted by molar-refractivity contribution is 6.03. The number of carbonyl (C=O) groups excluding carboxylic acids is 1. The molecule has 1 unspecified atom stereocenters. The molecule has 128 valence electrons. The number of nitrogens with zero attached hydrogens (tertiary/aromatic N) is 2. The van der Waals surface area contributed by atoms with Crippen LogP contribution >= 0.6 is 0 Å². The largest absolute Gasteiger partial charge is 0.352 e. The van der Waals surface area contributed by atoms with Crippen molar-refractivity contribution in [1.29, 1.82) is 0 Å². The highest BCUT2D eigenvalue weighted by atomic mass is 16.1. The zero-order chi connectivity index (χ0) is 17.7. The number of carbonyl (C=O) groups is 1. The van der Waals surface area contributed by atoms with Gasteiger partial charge in [-0.05, 0) is 36.5 Å². The summed E-state index contributed by atoms with van der Waals surface area (Å²) >= 11 is 0. The summed E-state index contributed by atoms with van der Waals surface area (Å²) in [5, 5.41) is 6.15. The fraction of sp³-hybridized carbons (Fsp3) is 0.421. The number of nitrogens with one attached hydrogen (secondary N) is 2. The van der Waals surface area contributed by atoms with Crippen molar-refractivity contribution < 1.29 is 4.79 Å². The molecule has 0 bridgehead atoms. The molecule has 1 aromatic carbocycles. The molecular weight excluding hydrogens is 300 g/mol. The van der Waals surface area contributed by atoms with E-state index in [0.29, 0.717) is 11.6 Å². The number of para-hydroxylation sites is 1. The average molecular weight is 326 g/mol. The first kappa shape index (κ1) is 17.9. The number of amides is 1. The molecule has 0 fully saturated rings. The lowest BCUT2D eigenvalue weighted by atomic mass is 9.86. The van der Waals surface area contributed by atoms with Gasteiger partial charge in [0.05, 0.1) is 0 Å². The van der Waals surface area contributed by atoms with Crippen molar-refractivity contribution in [2.75, 3.05) is 10.6 Å². The Bertz CT molecular complexity index is 707. The molecule has 1 atom stereocenters. The maximum atomic E-state index is 12.6. The molecule has 2 N–H and O–H groups in total. The van der Waals surface area contributed by atoms with E-state index in [9.17, 15) is 4.79 Å². The molecule has 2 aromatic rings. The quantitative estimate of drug-likeness (QED) is 0.862. The van der Waals surface area contributed by atoms with Gasteiger partial charge < -0.3 is 10.6 Å². The number of rotatable bonds is 5. The van der Waals surface area contributed by atoms with Crippen LogP contribution in [0.1, 0.15) is 57.1 Å². The monoisotopic (exact) mass is 326 g/mol.